The SMILES string of the molecule is Cc1ccc(NC(=O)Cn2ccn(-c3ccccc3C)c(=O)c2=O)c(Cl)c1. The Labute approximate surface area is 160 Å². The van der Waals surface area contributed by atoms with Gasteiger partial charge in [-0.1, -0.05) is 35.9 Å². The number of hydrogen-bond acceptors (Lipinski definition) is 3. The molecular weight excluding hydrogens is 366 g/mol. The molecule has 0 aliphatic rings. The van der Waals surface area contributed by atoms with Crippen LogP contribution in [0.3, 0.4) is 0 Å². The van der Waals surface area contributed by atoms with Gasteiger partial charge in [0, 0.05) is 12.4 Å². The van der Waals surface area contributed by atoms with Gasteiger partial charge in [0.25, 0.3) is 0 Å². The summed E-state index contributed by atoms with van der Waals surface area (Å²) in [4.78, 5) is 37.1. The third-order valence-corrected chi connectivity index (χ3v) is 4.46. The minimum atomic E-state index is -0.772. The average molecular weight is 384 g/mol. The highest BCUT2D eigenvalue weighted by atomic mass is 35.5. The van der Waals surface area contributed by atoms with Crippen molar-refractivity contribution in [3.8, 4) is 5.69 Å². The highest BCUT2D eigenvalue weighted by Gasteiger charge is 2.12. The molecule has 0 aliphatic carbocycles. The zero-order chi connectivity index (χ0) is 19.6. The van der Waals surface area contributed by atoms with Crippen molar-refractivity contribution >= 4 is 23.2 Å². The lowest BCUT2D eigenvalue weighted by Gasteiger charge is -2.12. The Morgan fingerprint density at radius 3 is 2.48 bits per heavy atom. The van der Waals surface area contributed by atoms with Gasteiger partial charge in [0.15, 0.2) is 0 Å². The van der Waals surface area contributed by atoms with E-state index >= 15 is 0 Å². The number of nitrogens with one attached hydrogen (secondary N) is 1. The van der Waals surface area contributed by atoms with E-state index in [-0.39, 0.29) is 6.54 Å². The van der Waals surface area contributed by atoms with Crippen LogP contribution < -0.4 is 16.4 Å². The molecule has 1 amide bonds. The molecule has 1 aromatic heterocycles. The van der Waals surface area contributed by atoms with E-state index in [1.165, 1.54) is 17.0 Å². The maximum absolute atomic E-state index is 12.5. The van der Waals surface area contributed by atoms with Crippen molar-refractivity contribution in [1.29, 1.82) is 0 Å². The second-order valence-corrected chi connectivity index (χ2v) is 6.63. The van der Waals surface area contributed by atoms with E-state index < -0.39 is 17.0 Å². The second-order valence-electron chi connectivity index (χ2n) is 6.22. The van der Waals surface area contributed by atoms with Gasteiger partial charge in [-0.2, -0.15) is 0 Å². The Morgan fingerprint density at radius 2 is 1.78 bits per heavy atom. The lowest BCUT2D eigenvalue weighted by molar-refractivity contribution is -0.116. The van der Waals surface area contributed by atoms with Gasteiger partial charge >= 0.3 is 11.1 Å². The van der Waals surface area contributed by atoms with Crippen LogP contribution in [0.2, 0.25) is 5.02 Å². The summed E-state index contributed by atoms with van der Waals surface area (Å²) >= 11 is 6.10. The normalized spacial score (nSPS) is 10.6. The first-order valence-corrected chi connectivity index (χ1v) is 8.69. The molecule has 7 heteroatoms. The van der Waals surface area contributed by atoms with Gasteiger partial charge in [-0.05, 0) is 43.2 Å². The molecule has 3 aromatic rings. The first-order valence-electron chi connectivity index (χ1n) is 8.31. The summed E-state index contributed by atoms with van der Waals surface area (Å²) in [6.45, 7) is 3.46. The Hall–Kier alpha value is -3.12. The molecule has 0 spiro atoms. The van der Waals surface area contributed by atoms with Crippen LogP contribution in [0, 0.1) is 13.8 Å². The molecule has 0 aliphatic heterocycles. The van der Waals surface area contributed by atoms with Crippen molar-refractivity contribution in [2.24, 2.45) is 0 Å². The van der Waals surface area contributed by atoms with Crippen LogP contribution in [0.1, 0.15) is 11.1 Å². The molecule has 0 unspecified atom stereocenters. The number of carbonyl (C=O) groups excluding carboxylic acids is 1. The summed E-state index contributed by atoms with van der Waals surface area (Å²) in [6.07, 6.45) is 2.91. The van der Waals surface area contributed by atoms with Gasteiger partial charge in [-0.3, -0.25) is 23.5 Å². The molecule has 0 saturated heterocycles. The lowest BCUT2D eigenvalue weighted by Crippen LogP contribution is -2.41. The average Bonchev–Trinajstić information content (AvgIpc) is 2.62. The third kappa shape index (κ3) is 4.01. The van der Waals surface area contributed by atoms with Crippen molar-refractivity contribution in [2.75, 3.05) is 5.32 Å². The van der Waals surface area contributed by atoms with Gasteiger partial charge in [0.2, 0.25) is 5.91 Å². The fourth-order valence-corrected chi connectivity index (χ4v) is 3.00. The predicted octanol–water partition coefficient (Wildman–Crippen LogP) is 2.91. The molecule has 0 radical (unpaired) electrons. The van der Waals surface area contributed by atoms with Crippen molar-refractivity contribution in [2.45, 2.75) is 20.4 Å². The number of halogens is 1. The van der Waals surface area contributed by atoms with E-state index in [0.717, 1.165) is 15.7 Å². The quantitative estimate of drug-likeness (QED) is 0.704. The first kappa shape index (κ1) is 18.7. The van der Waals surface area contributed by atoms with E-state index in [9.17, 15) is 14.4 Å². The summed E-state index contributed by atoms with van der Waals surface area (Å²) in [5.74, 6) is -0.448. The topological polar surface area (TPSA) is 73.1 Å². The first-order chi connectivity index (χ1) is 12.9. The number of rotatable bonds is 4. The zero-order valence-electron chi connectivity index (χ0n) is 14.9. The number of amides is 1. The predicted molar refractivity (Wildman–Crippen MR) is 106 cm³/mol. The van der Waals surface area contributed by atoms with Crippen LogP contribution in [-0.4, -0.2) is 15.0 Å². The molecule has 6 nitrogen and oxygen atoms in total. The van der Waals surface area contributed by atoms with Crippen molar-refractivity contribution < 1.29 is 4.79 Å². The fourth-order valence-electron chi connectivity index (χ4n) is 2.72. The maximum atomic E-state index is 12.5. The molecule has 0 fully saturated rings. The Kier molecular flexibility index (Phi) is 5.28. The third-order valence-electron chi connectivity index (χ3n) is 4.15. The van der Waals surface area contributed by atoms with E-state index in [0.29, 0.717) is 16.4 Å². The van der Waals surface area contributed by atoms with Crippen LogP contribution in [0.15, 0.2) is 64.4 Å². The summed E-state index contributed by atoms with van der Waals surface area (Å²) in [6, 6.07) is 12.5. The Morgan fingerprint density at radius 1 is 1.04 bits per heavy atom. The van der Waals surface area contributed by atoms with Gasteiger partial charge in [0.1, 0.15) is 6.54 Å². The molecule has 0 saturated carbocycles. The molecule has 0 atom stereocenters. The van der Waals surface area contributed by atoms with Crippen LogP contribution >= 0.6 is 11.6 Å². The smallest absolute Gasteiger partial charge is 0.320 e. The number of aryl methyl sites for hydroxylation is 2. The van der Waals surface area contributed by atoms with Gasteiger partial charge in [0.05, 0.1) is 16.4 Å². The zero-order valence-corrected chi connectivity index (χ0v) is 15.7. The number of aromatic nitrogens is 2. The van der Waals surface area contributed by atoms with Crippen molar-refractivity contribution in [1.82, 2.24) is 9.13 Å². The molecule has 2 aromatic carbocycles. The van der Waals surface area contributed by atoms with E-state index in [1.807, 2.05) is 32.0 Å². The summed E-state index contributed by atoms with van der Waals surface area (Å²) in [5.41, 5.74) is 1.42. The van der Waals surface area contributed by atoms with E-state index in [1.54, 1.807) is 24.3 Å². The second kappa shape index (κ2) is 7.63. The number of para-hydroxylation sites is 1. The number of hydrogen-bond donors (Lipinski definition) is 1. The molecule has 3 rings (SSSR count). The highest BCUT2D eigenvalue weighted by molar-refractivity contribution is 6.33. The number of benzene rings is 2. The molecule has 1 heterocycles. The van der Waals surface area contributed by atoms with Crippen LogP contribution in [0.5, 0.6) is 0 Å². The molecular formula is C20H18ClN3O3. The number of anilines is 1. The Bertz CT molecular complexity index is 1130. The summed E-state index contributed by atoms with van der Waals surface area (Å²) in [5, 5.41) is 3.06. The fraction of sp³-hybridized carbons (Fsp3) is 0.150. The van der Waals surface area contributed by atoms with Crippen LogP contribution in [-0.2, 0) is 11.3 Å². The lowest BCUT2D eigenvalue weighted by atomic mass is 10.2. The molecule has 0 bridgehead atoms. The number of nitrogens with zero attached hydrogens (tertiary/aromatic N) is 2. The number of carbonyl (C=O) groups is 1. The van der Waals surface area contributed by atoms with E-state index in [4.69, 9.17) is 11.6 Å². The summed E-state index contributed by atoms with van der Waals surface area (Å²) < 4.78 is 2.36. The molecule has 138 valence electrons. The van der Waals surface area contributed by atoms with Gasteiger partial charge in [-0.15, -0.1) is 0 Å². The minimum absolute atomic E-state index is 0.285. The largest absolute Gasteiger partial charge is 0.323 e. The maximum Gasteiger partial charge on any atom is 0.320 e. The minimum Gasteiger partial charge on any atom is -0.323 e. The van der Waals surface area contributed by atoms with Gasteiger partial charge in [-0.25, -0.2) is 0 Å². The van der Waals surface area contributed by atoms with Gasteiger partial charge < -0.3 is 5.32 Å². The van der Waals surface area contributed by atoms with Crippen molar-refractivity contribution in [3.05, 3.63) is 91.7 Å². The molecule has 1 N–H and O–H groups in total. The van der Waals surface area contributed by atoms with Crippen LogP contribution in [0.4, 0.5) is 5.69 Å². The summed E-state index contributed by atoms with van der Waals surface area (Å²) in [7, 11) is 0. The standard InChI is InChI=1S/C20H18ClN3O3/c1-13-7-8-16(15(21)11-13)22-18(25)12-23-9-10-24(20(27)19(23)26)17-6-4-3-5-14(17)2/h3-11H,12H2,1-2H3,(H,22,25). The molecule has 27 heavy (non-hydrogen) atoms. The monoisotopic (exact) mass is 383 g/mol. The Balaban J connectivity index is 1.85. The van der Waals surface area contributed by atoms with E-state index in [2.05, 4.69) is 5.32 Å². The highest BCUT2D eigenvalue weighted by Crippen LogP contribution is 2.22. The van der Waals surface area contributed by atoms with Crippen LogP contribution in [0.25, 0.3) is 5.69 Å². The van der Waals surface area contributed by atoms with Crippen molar-refractivity contribution in [3.63, 3.8) is 0 Å².